The fraction of sp³-hybridized carbons (Fsp3) is 0.381. The van der Waals surface area contributed by atoms with Gasteiger partial charge in [-0.3, -0.25) is 0 Å². The van der Waals surface area contributed by atoms with Crippen molar-refractivity contribution in [2.75, 3.05) is 0 Å². The maximum Gasteiger partial charge on any atom is 0.347 e. The van der Waals surface area contributed by atoms with Crippen molar-refractivity contribution in [3.63, 3.8) is 0 Å². The Morgan fingerprint density at radius 1 is 1.07 bits per heavy atom. The van der Waals surface area contributed by atoms with Crippen LogP contribution in [0.1, 0.15) is 32.1 Å². The van der Waals surface area contributed by atoms with Crippen LogP contribution in [0.5, 0.6) is 5.75 Å². The van der Waals surface area contributed by atoms with E-state index in [2.05, 4.69) is 5.32 Å². The highest BCUT2D eigenvalue weighted by molar-refractivity contribution is 5.85. The van der Waals surface area contributed by atoms with Crippen LogP contribution in [0.25, 0.3) is 22.3 Å². The zero-order valence-electron chi connectivity index (χ0n) is 14.9. The first-order valence-corrected chi connectivity index (χ1v) is 9.29. The lowest BCUT2D eigenvalue weighted by molar-refractivity contribution is 0.0928. The normalized spacial score (nSPS) is 24.4. The van der Waals surface area contributed by atoms with Crippen LogP contribution in [0.2, 0.25) is 0 Å². The first-order valence-electron chi connectivity index (χ1n) is 9.29. The summed E-state index contributed by atoms with van der Waals surface area (Å²) in [5, 5.41) is 4.53. The van der Waals surface area contributed by atoms with Gasteiger partial charge >= 0.3 is 5.63 Å². The minimum atomic E-state index is -0.402. The zero-order valence-corrected chi connectivity index (χ0v) is 15.7. The van der Waals surface area contributed by atoms with E-state index in [0.29, 0.717) is 29.0 Å². The molecule has 0 radical (unpaired) electrons. The van der Waals surface area contributed by atoms with Crippen LogP contribution < -0.4 is 15.7 Å². The smallest absolute Gasteiger partial charge is 0.347 e. The second-order valence-corrected chi connectivity index (χ2v) is 7.33. The third-order valence-electron chi connectivity index (χ3n) is 5.47. The van der Waals surface area contributed by atoms with Crippen LogP contribution >= 0.6 is 12.4 Å². The third kappa shape index (κ3) is 3.62. The van der Waals surface area contributed by atoms with Crippen LogP contribution in [0, 0.1) is 0 Å². The number of piperidine rings is 2. The second-order valence-electron chi connectivity index (χ2n) is 7.33. The van der Waals surface area contributed by atoms with E-state index in [1.165, 1.54) is 19.3 Å². The van der Waals surface area contributed by atoms with Crippen molar-refractivity contribution in [1.29, 1.82) is 0 Å². The first-order chi connectivity index (χ1) is 12.7. The summed E-state index contributed by atoms with van der Waals surface area (Å²) in [7, 11) is 0. The molecule has 0 aliphatic carbocycles. The molecule has 1 N–H and O–H groups in total. The van der Waals surface area contributed by atoms with Crippen LogP contribution in [-0.2, 0) is 0 Å². The minimum Gasteiger partial charge on any atom is -0.490 e. The van der Waals surface area contributed by atoms with Gasteiger partial charge in [0.15, 0.2) is 0 Å². The Morgan fingerprint density at radius 2 is 1.89 bits per heavy atom. The molecule has 0 spiro atoms. The van der Waals surface area contributed by atoms with E-state index in [1.807, 2.05) is 18.2 Å². The lowest BCUT2D eigenvalue weighted by Crippen LogP contribution is -2.51. The quantitative estimate of drug-likeness (QED) is 0.669. The van der Waals surface area contributed by atoms with E-state index < -0.39 is 5.63 Å². The van der Waals surface area contributed by atoms with Crippen LogP contribution in [0.4, 0.5) is 0 Å². The maximum atomic E-state index is 12.3. The fourth-order valence-corrected chi connectivity index (χ4v) is 4.27. The molecular weight excluding hydrogens is 366 g/mol. The summed E-state index contributed by atoms with van der Waals surface area (Å²) in [6, 6.07) is 12.2. The van der Waals surface area contributed by atoms with E-state index in [4.69, 9.17) is 13.6 Å². The molecule has 27 heavy (non-hydrogen) atoms. The summed E-state index contributed by atoms with van der Waals surface area (Å²) in [6.45, 7) is 0. The van der Waals surface area contributed by atoms with Crippen molar-refractivity contribution < 1.29 is 13.6 Å². The summed E-state index contributed by atoms with van der Waals surface area (Å²) in [5.41, 5.74) is 0.570. The van der Waals surface area contributed by atoms with Crippen LogP contribution in [-0.4, -0.2) is 18.2 Å². The number of fused-ring (bicyclic) bond motifs is 3. The molecule has 3 aromatic rings. The molecular formula is C21H22ClNO4. The van der Waals surface area contributed by atoms with Gasteiger partial charge in [0, 0.05) is 23.5 Å². The zero-order chi connectivity index (χ0) is 17.5. The van der Waals surface area contributed by atoms with Gasteiger partial charge in [0.1, 0.15) is 28.8 Å². The lowest BCUT2D eigenvalue weighted by Gasteiger charge is -2.40. The summed E-state index contributed by atoms with van der Waals surface area (Å²) in [4.78, 5) is 12.3. The molecule has 2 aliphatic heterocycles. The summed E-state index contributed by atoms with van der Waals surface area (Å²) >= 11 is 0. The van der Waals surface area contributed by atoms with Gasteiger partial charge in [0.2, 0.25) is 0 Å². The Balaban J connectivity index is 0.00000180. The third-order valence-corrected chi connectivity index (χ3v) is 5.47. The molecule has 2 atom stereocenters. The molecule has 2 unspecified atom stereocenters. The Morgan fingerprint density at radius 3 is 2.63 bits per heavy atom. The molecule has 6 heteroatoms. The minimum absolute atomic E-state index is 0. The SMILES string of the molecule is Cl.O=c1oc2cc(OC3CC4CCCC(C3)N4)ccc2cc1-c1ccco1. The number of hydrogen-bond donors (Lipinski definition) is 1. The molecule has 2 bridgehead atoms. The molecule has 2 fully saturated rings. The second kappa shape index (κ2) is 7.41. The van der Waals surface area contributed by atoms with Gasteiger partial charge in [0.05, 0.1) is 6.26 Å². The van der Waals surface area contributed by atoms with Gasteiger partial charge in [-0.1, -0.05) is 6.42 Å². The van der Waals surface area contributed by atoms with Crippen molar-refractivity contribution in [2.45, 2.75) is 50.3 Å². The highest BCUT2D eigenvalue weighted by Crippen LogP contribution is 2.30. The monoisotopic (exact) mass is 387 g/mol. The van der Waals surface area contributed by atoms with E-state index in [1.54, 1.807) is 24.5 Å². The van der Waals surface area contributed by atoms with E-state index in [-0.39, 0.29) is 18.5 Å². The average molecular weight is 388 g/mol. The average Bonchev–Trinajstić information content (AvgIpc) is 3.15. The molecule has 142 valence electrons. The van der Waals surface area contributed by atoms with E-state index in [0.717, 1.165) is 24.0 Å². The van der Waals surface area contributed by atoms with Crippen molar-refractivity contribution in [3.8, 4) is 17.1 Å². The molecule has 2 saturated heterocycles. The van der Waals surface area contributed by atoms with E-state index in [9.17, 15) is 4.79 Å². The predicted molar refractivity (Wildman–Crippen MR) is 106 cm³/mol. The Labute approximate surface area is 163 Å². The van der Waals surface area contributed by atoms with Gasteiger partial charge in [0.25, 0.3) is 0 Å². The Bertz CT molecular complexity index is 970. The maximum absolute atomic E-state index is 12.3. The standard InChI is InChI=1S/C21H21NO4.ClH/c23-21-18(19-5-2-8-24-19)9-13-6-7-16(12-20(13)26-21)25-17-10-14-3-1-4-15(11-17)22-14;/h2,5-9,12,14-15,17,22H,1,3-4,10-11H2;1H. The molecule has 2 aliphatic rings. The van der Waals surface area contributed by atoms with Crippen molar-refractivity contribution in [1.82, 2.24) is 5.32 Å². The van der Waals surface area contributed by atoms with Crippen molar-refractivity contribution in [3.05, 3.63) is 53.1 Å². The number of halogens is 1. The largest absolute Gasteiger partial charge is 0.490 e. The van der Waals surface area contributed by atoms with Crippen molar-refractivity contribution >= 4 is 23.4 Å². The van der Waals surface area contributed by atoms with Gasteiger partial charge in [-0.15, -0.1) is 12.4 Å². The Kier molecular flexibility index (Phi) is 4.98. The number of hydrogen-bond acceptors (Lipinski definition) is 5. The molecule has 4 heterocycles. The van der Waals surface area contributed by atoms with Gasteiger partial charge in [-0.25, -0.2) is 4.79 Å². The highest BCUT2D eigenvalue weighted by atomic mass is 35.5. The van der Waals surface area contributed by atoms with Gasteiger partial charge in [-0.05, 0) is 56.0 Å². The molecule has 5 rings (SSSR count). The van der Waals surface area contributed by atoms with Crippen molar-refractivity contribution in [2.24, 2.45) is 0 Å². The summed E-state index contributed by atoms with van der Waals surface area (Å²) in [6.07, 6.45) is 7.62. The summed E-state index contributed by atoms with van der Waals surface area (Å²) in [5.74, 6) is 1.28. The topological polar surface area (TPSA) is 64.6 Å². The van der Waals surface area contributed by atoms with Crippen LogP contribution in [0.3, 0.4) is 0 Å². The fourth-order valence-electron chi connectivity index (χ4n) is 4.27. The molecule has 5 nitrogen and oxygen atoms in total. The number of rotatable bonds is 3. The molecule has 2 aromatic heterocycles. The molecule has 0 saturated carbocycles. The number of furan rings is 1. The number of ether oxygens (including phenoxy) is 1. The van der Waals surface area contributed by atoms with Gasteiger partial charge < -0.3 is 18.9 Å². The molecule has 1 aromatic carbocycles. The first kappa shape index (κ1) is 18.1. The lowest BCUT2D eigenvalue weighted by atomic mass is 9.85. The molecule has 0 amide bonds. The number of nitrogens with one attached hydrogen (secondary N) is 1. The van der Waals surface area contributed by atoms with Crippen LogP contribution in [0.15, 0.2) is 56.3 Å². The highest BCUT2D eigenvalue weighted by Gasteiger charge is 2.32. The van der Waals surface area contributed by atoms with E-state index >= 15 is 0 Å². The summed E-state index contributed by atoms with van der Waals surface area (Å²) < 4.78 is 17.1. The number of benzene rings is 1. The predicted octanol–water partition coefficient (Wildman–Crippen LogP) is 4.53. The van der Waals surface area contributed by atoms with Gasteiger partial charge in [-0.2, -0.15) is 0 Å². The Hall–Kier alpha value is -2.24.